The number of carboxylic acid groups (broad SMARTS) is 1. The summed E-state index contributed by atoms with van der Waals surface area (Å²) in [5.41, 5.74) is -0.933. The van der Waals surface area contributed by atoms with E-state index in [1.165, 1.54) is 11.8 Å². The molecule has 1 amide bonds. The van der Waals surface area contributed by atoms with Gasteiger partial charge in [0.25, 0.3) is 0 Å². The van der Waals surface area contributed by atoms with Gasteiger partial charge in [-0.15, -0.1) is 11.8 Å². The number of carboxylic acids is 1. The third-order valence-corrected chi connectivity index (χ3v) is 4.06. The smallest absolute Gasteiger partial charge is 0.394 e. The van der Waals surface area contributed by atoms with Crippen LogP contribution in [0.25, 0.3) is 0 Å². The minimum Gasteiger partial charge on any atom is -0.481 e. The molecule has 0 aromatic heterocycles. The second-order valence-corrected chi connectivity index (χ2v) is 6.68. The van der Waals surface area contributed by atoms with Crippen LogP contribution in [0.3, 0.4) is 0 Å². The number of anilines is 1. The van der Waals surface area contributed by atoms with Crippen molar-refractivity contribution >= 4 is 29.3 Å². The molecule has 1 aromatic carbocycles. The van der Waals surface area contributed by atoms with Gasteiger partial charge in [0.05, 0.1) is 11.2 Å². The highest BCUT2D eigenvalue weighted by molar-refractivity contribution is 7.99. The number of thioether (sulfide) groups is 1. The fourth-order valence-electron chi connectivity index (χ4n) is 1.70. The van der Waals surface area contributed by atoms with Crippen LogP contribution < -0.4 is 5.32 Å². The molecule has 23 heavy (non-hydrogen) atoms. The number of halogens is 3. The van der Waals surface area contributed by atoms with Crippen molar-refractivity contribution < 1.29 is 27.9 Å². The molecule has 0 saturated carbocycles. The SMILES string of the molecule is CC(C)(CC(=O)Nc1cccc(CSCC(=O)O)c1)C(F)(F)F. The van der Waals surface area contributed by atoms with Crippen molar-refractivity contribution in [2.45, 2.75) is 32.2 Å². The lowest BCUT2D eigenvalue weighted by Crippen LogP contribution is -2.35. The number of nitrogens with one attached hydrogen (secondary N) is 1. The average Bonchev–Trinajstić information content (AvgIpc) is 2.36. The number of rotatable bonds is 7. The minimum absolute atomic E-state index is 0.0453. The monoisotopic (exact) mass is 349 g/mol. The van der Waals surface area contributed by atoms with Crippen molar-refractivity contribution in [1.82, 2.24) is 0 Å². The summed E-state index contributed by atoms with van der Waals surface area (Å²) in [6, 6.07) is 6.60. The first-order chi connectivity index (χ1) is 10.5. The van der Waals surface area contributed by atoms with Gasteiger partial charge in [-0.2, -0.15) is 13.2 Å². The maximum Gasteiger partial charge on any atom is 0.394 e. The van der Waals surface area contributed by atoms with Gasteiger partial charge in [-0.25, -0.2) is 0 Å². The Morgan fingerprint density at radius 2 is 1.91 bits per heavy atom. The van der Waals surface area contributed by atoms with E-state index >= 15 is 0 Å². The fraction of sp³-hybridized carbons (Fsp3) is 0.467. The number of alkyl halides is 3. The van der Waals surface area contributed by atoms with Crippen LogP contribution in [0.15, 0.2) is 24.3 Å². The third-order valence-electron chi connectivity index (χ3n) is 3.07. The Bertz CT molecular complexity index is 573. The summed E-state index contributed by atoms with van der Waals surface area (Å²) in [5.74, 6) is -1.25. The van der Waals surface area contributed by atoms with Crippen LogP contribution in [0.1, 0.15) is 25.8 Å². The zero-order valence-corrected chi connectivity index (χ0v) is 13.6. The summed E-state index contributed by atoms with van der Waals surface area (Å²) in [7, 11) is 0. The number of amides is 1. The molecule has 0 aliphatic rings. The van der Waals surface area contributed by atoms with Crippen LogP contribution in [0.5, 0.6) is 0 Å². The van der Waals surface area contributed by atoms with E-state index in [0.717, 1.165) is 19.4 Å². The lowest BCUT2D eigenvalue weighted by atomic mass is 9.88. The van der Waals surface area contributed by atoms with E-state index in [1.54, 1.807) is 24.3 Å². The van der Waals surface area contributed by atoms with Crippen molar-refractivity contribution in [3.8, 4) is 0 Å². The van der Waals surface area contributed by atoms with Crippen molar-refractivity contribution in [3.63, 3.8) is 0 Å². The van der Waals surface area contributed by atoms with Gasteiger partial charge in [-0.3, -0.25) is 9.59 Å². The first-order valence-corrected chi connectivity index (χ1v) is 7.92. The molecule has 0 bridgehead atoms. The normalized spacial score (nSPS) is 12.0. The highest BCUT2D eigenvalue weighted by atomic mass is 32.2. The predicted octanol–water partition coefficient (Wildman–Crippen LogP) is 3.92. The van der Waals surface area contributed by atoms with Gasteiger partial charge in [-0.1, -0.05) is 26.0 Å². The van der Waals surface area contributed by atoms with Gasteiger partial charge in [0.15, 0.2) is 0 Å². The fourth-order valence-corrected chi connectivity index (χ4v) is 2.39. The molecule has 128 valence electrons. The summed E-state index contributed by atoms with van der Waals surface area (Å²) in [4.78, 5) is 22.2. The number of benzene rings is 1. The minimum atomic E-state index is -4.46. The molecule has 0 radical (unpaired) electrons. The molecule has 1 rings (SSSR count). The molecular weight excluding hydrogens is 331 g/mol. The van der Waals surface area contributed by atoms with E-state index < -0.39 is 29.9 Å². The Morgan fingerprint density at radius 3 is 2.48 bits per heavy atom. The molecule has 0 atom stereocenters. The lowest BCUT2D eigenvalue weighted by Gasteiger charge is -2.26. The predicted molar refractivity (Wildman–Crippen MR) is 83.3 cm³/mol. The number of hydrogen-bond acceptors (Lipinski definition) is 3. The molecule has 0 fully saturated rings. The zero-order chi connectivity index (χ0) is 17.7. The molecule has 0 spiro atoms. The van der Waals surface area contributed by atoms with Crippen LogP contribution in [0.2, 0.25) is 0 Å². The second kappa shape index (κ2) is 7.72. The van der Waals surface area contributed by atoms with Crippen LogP contribution in [-0.4, -0.2) is 28.9 Å². The van der Waals surface area contributed by atoms with Crippen molar-refractivity contribution in [2.75, 3.05) is 11.1 Å². The van der Waals surface area contributed by atoms with E-state index in [4.69, 9.17) is 5.11 Å². The molecule has 0 aliphatic carbocycles. The van der Waals surface area contributed by atoms with Gasteiger partial charge in [-0.05, 0) is 17.7 Å². The molecule has 0 heterocycles. The molecular formula is C15H18F3NO3S. The molecule has 0 saturated heterocycles. The Hall–Kier alpha value is -1.70. The van der Waals surface area contributed by atoms with E-state index in [2.05, 4.69) is 5.32 Å². The Labute approximate surface area is 136 Å². The van der Waals surface area contributed by atoms with Crippen molar-refractivity contribution in [3.05, 3.63) is 29.8 Å². The van der Waals surface area contributed by atoms with Crippen LogP contribution in [0.4, 0.5) is 18.9 Å². The van der Waals surface area contributed by atoms with E-state index in [9.17, 15) is 22.8 Å². The maximum absolute atomic E-state index is 12.8. The molecule has 0 aliphatic heterocycles. The first-order valence-electron chi connectivity index (χ1n) is 6.76. The third kappa shape index (κ3) is 6.52. The van der Waals surface area contributed by atoms with Gasteiger partial charge >= 0.3 is 12.1 Å². The summed E-state index contributed by atoms with van der Waals surface area (Å²) >= 11 is 1.19. The van der Waals surface area contributed by atoms with Gasteiger partial charge in [0.1, 0.15) is 0 Å². The quantitative estimate of drug-likeness (QED) is 0.783. The summed E-state index contributed by atoms with van der Waals surface area (Å²) in [6.45, 7) is 1.96. The molecule has 8 heteroatoms. The number of carbonyl (C=O) groups excluding carboxylic acids is 1. The van der Waals surface area contributed by atoms with Gasteiger partial charge in [0.2, 0.25) is 5.91 Å². The van der Waals surface area contributed by atoms with Crippen LogP contribution in [0, 0.1) is 5.41 Å². The van der Waals surface area contributed by atoms with Crippen molar-refractivity contribution in [2.24, 2.45) is 5.41 Å². The summed E-state index contributed by atoms with van der Waals surface area (Å²) < 4.78 is 38.3. The first kappa shape index (κ1) is 19.3. The molecule has 2 N–H and O–H groups in total. The molecule has 0 unspecified atom stereocenters. The Balaban J connectivity index is 2.63. The topological polar surface area (TPSA) is 66.4 Å². The highest BCUT2D eigenvalue weighted by Gasteiger charge is 2.48. The van der Waals surface area contributed by atoms with Gasteiger partial charge in [0, 0.05) is 17.9 Å². The Kier molecular flexibility index (Phi) is 6.49. The number of carbonyl (C=O) groups is 2. The van der Waals surface area contributed by atoms with E-state index in [1.807, 2.05) is 0 Å². The van der Waals surface area contributed by atoms with E-state index in [-0.39, 0.29) is 5.75 Å². The Morgan fingerprint density at radius 1 is 1.26 bits per heavy atom. The van der Waals surface area contributed by atoms with Crippen molar-refractivity contribution in [1.29, 1.82) is 0 Å². The summed E-state index contributed by atoms with van der Waals surface area (Å²) in [6.07, 6.45) is -5.13. The molecule has 4 nitrogen and oxygen atoms in total. The largest absolute Gasteiger partial charge is 0.481 e. The summed E-state index contributed by atoms with van der Waals surface area (Å²) in [5, 5.41) is 11.0. The van der Waals surface area contributed by atoms with Crippen LogP contribution in [-0.2, 0) is 15.3 Å². The number of hydrogen-bond donors (Lipinski definition) is 2. The van der Waals surface area contributed by atoms with Crippen LogP contribution >= 0.6 is 11.8 Å². The number of aliphatic carboxylic acids is 1. The lowest BCUT2D eigenvalue weighted by molar-refractivity contribution is -0.213. The zero-order valence-electron chi connectivity index (χ0n) is 12.7. The average molecular weight is 349 g/mol. The standard InChI is InChI=1S/C15H18F3NO3S/c1-14(2,15(16,17)18)7-12(20)19-11-5-3-4-10(6-11)8-23-9-13(21)22/h3-6H,7-9H2,1-2H3,(H,19,20)(H,21,22). The molecule has 1 aromatic rings. The maximum atomic E-state index is 12.8. The second-order valence-electron chi connectivity index (χ2n) is 5.69. The highest BCUT2D eigenvalue weighted by Crippen LogP contribution is 2.40. The van der Waals surface area contributed by atoms with Gasteiger partial charge < -0.3 is 10.4 Å². The van der Waals surface area contributed by atoms with E-state index in [0.29, 0.717) is 11.4 Å².